The Morgan fingerprint density at radius 3 is 2.50 bits per heavy atom. The van der Waals surface area contributed by atoms with Crippen LogP contribution >= 0.6 is 0 Å². The molecule has 0 radical (unpaired) electrons. The Labute approximate surface area is 191 Å². The van der Waals surface area contributed by atoms with E-state index in [0.717, 1.165) is 45.3 Å². The first-order valence-electron chi connectivity index (χ1n) is 11.9. The zero-order valence-electron chi connectivity index (χ0n) is 19.5. The Hall–Kier alpha value is -2.79. The van der Waals surface area contributed by atoms with Gasteiger partial charge in [0.15, 0.2) is 0 Å². The van der Waals surface area contributed by atoms with Gasteiger partial charge in [0, 0.05) is 41.2 Å². The fourth-order valence-electron chi connectivity index (χ4n) is 4.54. The fraction of sp³-hybridized carbons (Fsp3) is 0.444. The smallest absolute Gasteiger partial charge is 0.131 e. The Morgan fingerprint density at radius 2 is 1.91 bits per heavy atom. The molecular formula is C27H35N5. The van der Waals surface area contributed by atoms with Gasteiger partial charge < -0.3 is 5.32 Å². The van der Waals surface area contributed by atoms with Gasteiger partial charge in [0.1, 0.15) is 5.82 Å². The Bertz CT molecular complexity index is 1090. The molecular weight excluding hydrogens is 394 g/mol. The maximum Gasteiger partial charge on any atom is 0.131 e. The highest BCUT2D eigenvalue weighted by Gasteiger charge is 2.23. The van der Waals surface area contributed by atoms with Crippen molar-refractivity contribution in [2.75, 3.05) is 7.05 Å². The fourth-order valence-corrected chi connectivity index (χ4v) is 4.54. The maximum absolute atomic E-state index is 4.72. The lowest BCUT2D eigenvalue weighted by molar-refractivity contribution is 0.394. The summed E-state index contributed by atoms with van der Waals surface area (Å²) in [7, 11) is 2.07. The van der Waals surface area contributed by atoms with Gasteiger partial charge in [-0.15, -0.1) is 0 Å². The van der Waals surface area contributed by atoms with Crippen LogP contribution in [0.2, 0.25) is 0 Å². The van der Waals surface area contributed by atoms with E-state index in [4.69, 9.17) is 4.98 Å². The van der Waals surface area contributed by atoms with Crippen LogP contribution in [0.25, 0.3) is 17.2 Å². The van der Waals surface area contributed by atoms with E-state index < -0.39 is 0 Å². The number of rotatable bonds is 5. The van der Waals surface area contributed by atoms with Gasteiger partial charge in [-0.1, -0.05) is 44.9 Å². The minimum atomic E-state index is 0.546. The molecule has 0 amide bonds. The number of hydrogen-bond donors (Lipinski definition) is 1. The van der Waals surface area contributed by atoms with Crippen LogP contribution in [0, 0.1) is 6.92 Å². The van der Waals surface area contributed by atoms with Gasteiger partial charge in [0.25, 0.3) is 0 Å². The topological polar surface area (TPSA) is 55.1 Å². The quantitative estimate of drug-likeness (QED) is 0.545. The van der Waals surface area contributed by atoms with Crippen molar-refractivity contribution in [1.82, 2.24) is 24.9 Å². The molecule has 2 saturated carbocycles. The van der Waals surface area contributed by atoms with E-state index in [9.17, 15) is 0 Å². The van der Waals surface area contributed by atoms with Crippen molar-refractivity contribution in [1.29, 1.82) is 0 Å². The molecule has 0 aromatic carbocycles. The Balaban J connectivity index is 0.000000260. The molecule has 1 N–H and O–H groups in total. The summed E-state index contributed by atoms with van der Waals surface area (Å²) in [5, 5.41) is 7.62. The summed E-state index contributed by atoms with van der Waals surface area (Å²) in [6, 6.07) is 4.95. The van der Waals surface area contributed by atoms with E-state index in [0.29, 0.717) is 5.92 Å². The van der Waals surface area contributed by atoms with Crippen molar-refractivity contribution < 1.29 is 0 Å². The normalized spacial score (nSPS) is 16.8. The molecule has 0 aliphatic heterocycles. The number of aromatic nitrogens is 4. The van der Waals surface area contributed by atoms with Crippen molar-refractivity contribution in [3.8, 4) is 0 Å². The largest absolute Gasteiger partial charge is 0.317 e. The predicted molar refractivity (Wildman–Crippen MR) is 133 cm³/mol. The third kappa shape index (κ3) is 4.83. The van der Waals surface area contributed by atoms with Crippen LogP contribution in [0.3, 0.4) is 0 Å². The van der Waals surface area contributed by atoms with E-state index >= 15 is 0 Å². The standard InChI is InChI=1S/C20H20N4.C7H15N/c1-4-15-11-22-24-9-8-17(10-19(15)24)13(2)18-12-21-20(23-14(18)3)16-6-5-7-16;1-8-7-5-3-2-4-6-7/h4,8-12,16H,1-2,5-7H2,3H3;7-8H,2-6H2,1H3. The van der Waals surface area contributed by atoms with Crippen LogP contribution in [0.1, 0.15) is 85.5 Å². The third-order valence-electron chi connectivity index (χ3n) is 6.93. The first kappa shape index (κ1) is 22.4. The molecule has 0 spiro atoms. The van der Waals surface area contributed by atoms with Gasteiger partial charge in [-0.3, -0.25) is 0 Å². The van der Waals surface area contributed by atoms with Crippen LogP contribution in [0.4, 0.5) is 0 Å². The molecule has 168 valence electrons. The van der Waals surface area contributed by atoms with Gasteiger partial charge in [-0.2, -0.15) is 5.10 Å². The first-order chi connectivity index (χ1) is 15.6. The van der Waals surface area contributed by atoms with E-state index in [1.165, 1.54) is 51.4 Å². The number of nitrogens with one attached hydrogen (secondary N) is 1. The van der Waals surface area contributed by atoms with Crippen LogP contribution < -0.4 is 5.32 Å². The van der Waals surface area contributed by atoms with Crippen molar-refractivity contribution >= 4 is 17.2 Å². The highest BCUT2D eigenvalue weighted by atomic mass is 15.2. The van der Waals surface area contributed by atoms with Crippen LogP contribution in [-0.4, -0.2) is 32.7 Å². The van der Waals surface area contributed by atoms with Gasteiger partial charge in [-0.05, 0) is 62.9 Å². The second kappa shape index (κ2) is 10.2. The van der Waals surface area contributed by atoms with Crippen molar-refractivity contribution in [2.24, 2.45) is 0 Å². The lowest BCUT2D eigenvalue weighted by Crippen LogP contribution is -2.26. The minimum absolute atomic E-state index is 0.546. The first-order valence-corrected chi connectivity index (χ1v) is 11.9. The molecule has 32 heavy (non-hydrogen) atoms. The molecule has 2 fully saturated rings. The van der Waals surface area contributed by atoms with Gasteiger partial charge in [0.05, 0.1) is 11.7 Å². The molecule has 2 aliphatic rings. The number of hydrogen-bond acceptors (Lipinski definition) is 4. The highest BCUT2D eigenvalue weighted by molar-refractivity contribution is 5.82. The van der Waals surface area contributed by atoms with Crippen molar-refractivity contribution in [3.05, 3.63) is 72.1 Å². The molecule has 5 heteroatoms. The third-order valence-corrected chi connectivity index (χ3v) is 6.93. The molecule has 2 aliphatic carbocycles. The van der Waals surface area contributed by atoms with E-state index in [2.05, 4.69) is 41.7 Å². The zero-order chi connectivity index (χ0) is 22.5. The summed E-state index contributed by atoms with van der Waals surface area (Å²) >= 11 is 0. The van der Waals surface area contributed by atoms with E-state index in [1.54, 1.807) is 0 Å². The second-order valence-electron chi connectivity index (χ2n) is 9.01. The van der Waals surface area contributed by atoms with E-state index in [-0.39, 0.29) is 0 Å². The SMILES string of the molecule is C=Cc1cnn2ccc(C(=C)c3cnc(C4CCC4)nc3C)cc12.CNC1CCCCC1. The number of aryl methyl sites for hydroxylation is 1. The lowest BCUT2D eigenvalue weighted by atomic mass is 9.84. The minimum Gasteiger partial charge on any atom is -0.317 e. The molecule has 0 saturated heterocycles. The van der Waals surface area contributed by atoms with Crippen LogP contribution in [0.15, 0.2) is 43.9 Å². The lowest BCUT2D eigenvalue weighted by Gasteiger charge is -2.24. The van der Waals surface area contributed by atoms with Crippen molar-refractivity contribution in [2.45, 2.75) is 70.3 Å². The average molecular weight is 430 g/mol. The number of nitrogens with zero attached hydrogens (tertiary/aromatic N) is 4. The summed E-state index contributed by atoms with van der Waals surface area (Å²) in [5.74, 6) is 1.53. The number of pyridine rings is 1. The average Bonchev–Trinajstić information content (AvgIpc) is 3.21. The summed E-state index contributed by atoms with van der Waals surface area (Å²) in [6.07, 6.45) is 18.3. The molecule has 3 aromatic heterocycles. The zero-order valence-corrected chi connectivity index (χ0v) is 19.5. The predicted octanol–water partition coefficient (Wildman–Crippen LogP) is 5.94. The van der Waals surface area contributed by atoms with Gasteiger partial charge in [0.2, 0.25) is 0 Å². The Kier molecular flexibility index (Phi) is 7.15. The van der Waals surface area contributed by atoms with E-state index in [1.807, 2.05) is 42.2 Å². The highest BCUT2D eigenvalue weighted by Crippen LogP contribution is 2.35. The summed E-state index contributed by atoms with van der Waals surface area (Å²) in [6.45, 7) is 10.2. The summed E-state index contributed by atoms with van der Waals surface area (Å²) < 4.78 is 1.84. The molecule has 0 atom stereocenters. The summed E-state index contributed by atoms with van der Waals surface area (Å²) in [5.41, 5.74) is 6.02. The van der Waals surface area contributed by atoms with Gasteiger partial charge in [-0.25, -0.2) is 14.5 Å². The molecule has 5 rings (SSSR count). The molecule has 3 heterocycles. The Morgan fingerprint density at radius 1 is 1.12 bits per heavy atom. The molecule has 0 bridgehead atoms. The maximum atomic E-state index is 4.72. The van der Waals surface area contributed by atoms with Crippen LogP contribution in [0.5, 0.6) is 0 Å². The molecule has 3 aromatic rings. The van der Waals surface area contributed by atoms with Gasteiger partial charge >= 0.3 is 0 Å². The molecule has 5 nitrogen and oxygen atoms in total. The monoisotopic (exact) mass is 429 g/mol. The van der Waals surface area contributed by atoms with Crippen molar-refractivity contribution in [3.63, 3.8) is 0 Å². The van der Waals surface area contributed by atoms with Crippen LogP contribution in [-0.2, 0) is 0 Å². The second-order valence-corrected chi connectivity index (χ2v) is 9.01. The summed E-state index contributed by atoms with van der Waals surface area (Å²) in [4.78, 5) is 9.31. The molecule has 0 unspecified atom stereocenters. The number of fused-ring (bicyclic) bond motifs is 1.